The van der Waals surface area contributed by atoms with Crippen LogP contribution in [-0.4, -0.2) is 54.4 Å². The number of anilines is 1. The van der Waals surface area contributed by atoms with E-state index in [1.165, 1.54) is 4.88 Å². The van der Waals surface area contributed by atoms with E-state index in [4.69, 9.17) is 9.52 Å². The predicted octanol–water partition coefficient (Wildman–Crippen LogP) is 7.55. The van der Waals surface area contributed by atoms with Gasteiger partial charge in [-0.25, -0.2) is 14.0 Å². The van der Waals surface area contributed by atoms with Crippen molar-refractivity contribution < 1.29 is 8.98 Å². The van der Waals surface area contributed by atoms with Gasteiger partial charge in [0.25, 0.3) is 0 Å². The first-order valence-corrected chi connectivity index (χ1v) is 16.6. The van der Waals surface area contributed by atoms with Crippen LogP contribution in [0.3, 0.4) is 0 Å². The number of hydrogen-bond donors (Lipinski definition) is 0. The van der Waals surface area contributed by atoms with Crippen LogP contribution in [0.5, 0.6) is 0 Å². The topological polar surface area (TPSA) is 81.5 Å². The van der Waals surface area contributed by atoms with Gasteiger partial charge in [0.05, 0.1) is 11.3 Å². The highest BCUT2D eigenvalue weighted by Gasteiger charge is 2.45. The van der Waals surface area contributed by atoms with Crippen LogP contribution < -0.4 is 4.90 Å². The molecule has 0 spiro atoms. The third kappa shape index (κ3) is 4.69. The SMILES string of the molecule is CN(c1sc2c(c1C#N)CCCC2)C(c1cn(-c2ccccc2)nc1-c1cc2ccccc2o1)P(=O)(N(C)C)N(C)C. The molecule has 1 aliphatic rings. The van der Waals surface area contributed by atoms with Crippen molar-refractivity contribution in [3.63, 3.8) is 0 Å². The standard InChI is InChI=1S/C32H35N6O2PS/c1-35(2)41(39,36(3)4)31(37(5)32-25(20-33)24-16-10-12-18-29(24)42-32)26-21-38(23-14-7-6-8-15-23)34-30(26)28-19-22-13-9-11-17-27(22)40-28/h6-9,11,13-15,17,19,21,31H,10,12,16,18H2,1-5H3. The van der Waals surface area contributed by atoms with Crippen LogP contribution in [0.4, 0.5) is 5.00 Å². The number of benzene rings is 2. The van der Waals surface area contributed by atoms with Crippen molar-refractivity contribution in [1.29, 1.82) is 5.26 Å². The van der Waals surface area contributed by atoms with Crippen molar-refractivity contribution in [1.82, 2.24) is 19.1 Å². The summed E-state index contributed by atoms with van der Waals surface area (Å²) in [6.07, 6.45) is 6.06. The Bertz CT molecular complexity index is 1790. The van der Waals surface area contributed by atoms with Crippen LogP contribution in [0.2, 0.25) is 0 Å². The fraction of sp³-hybridized carbons (Fsp3) is 0.312. The van der Waals surface area contributed by atoms with Crippen LogP contribution >= 0.6 is 18.8 Å². The van der Waals surface area contributed by atoms with Crippen LogP contribution in [-0.2, 0) is 17.4 Å². The maximum Gasteiger partial charge on any atom is 0.241 e. The van der Waals surface area contributed by atoms with Crippen molar-refractivity contribution in [3.8, 4) is 23.2 Å². The number of aromatic nitrogens is 2. The second-order valence-electron chi connectivity index (χ2n) is 11.1. The van der Waals surface area contributed by atoms with E-state index >= 15 is 4.57 Å². The van der Waals surface area contributed by atoms with E-state index in [0.29, 0.717) is 17.0 Å². The predicted molar refractivity (Wildman–Crippen MR) is 171 cm³/mol. The van der Waals surface area contributed by atoms with Crippen molar-refractivity contribution in [2.24, 2.45) is 0 Å². The Morgan fingerprint density at radius 1 is 1.00 bits per heavy atom. The normalized spacial score (nSPS) is 14.3. The molecule has 3 heterocycles. The maximum absolute atomic E-state index is 15.3. The molecule has 1 unspecified atom stereocenters. The second kappa shape index (κ2) is 11.2. The Balaban J connectivity index is 1.63. The molecule has 0 saturated carbocycles. The van der Waals surface area contributed by atoms with Crippen molar-refractivity contribution in [2.75, 3.05) is 40.1 Å². The smallest absolute Gasteiger partial charge is 0.241 e. The Kier molecular flexibility index (Phi) is 7.59. The summed E-state index contributed by atoms with van der Waals surface area (Å²) < 4.78 is 27.2. The van der Waals surface area contributed by atoms with Crippen LogP contribution in [0.1, 0.15) is 40.2 Å². The summed E-state index contributed by atoms with van der Waals surface area (Å²) in [5.41, 5.74) is 4.88. The Morgan fingerprint density at radius 3 is 2.38 bits per heavy atom. The van der Waals surface area contributed by atoms with Gasteiger partial charge in [-0.2, -0.15) is 10.4 Å². The van der Waals surface area contributed by atoms with Gasteiger partial charge in [-0.05, 0) is 83.7 Å². The molecule has 1 aliphatic carbocycles. The van der Waals surface area contributed by atoms with Gasteiger partial charge in [-0.1, -0.05) is 36.4 Å². The number of aryl methyl sites for hydroxylation is 1. The fourth-order valence-corrected chi connectivity index (χ4v) is 10.1. The lowest BCUT2D eigenvalue weighted by Crippen LogP contribution is -2.34. The van der Waals surface area contributed by atoms with Crippen molar-refractivity contribution in [2.45, 2.75) is 31.5 Å². The molecule has 0 bridgehead atoms. The molecule has 0 amide bonds. The van der Waals surface area contributed by atoms with Crippen LogP contribution in [0, 0.1) is 11.3 Å². The zero-order valence-electron chi connectivity index (χ0n) is 24.6. The third-order valence-corrected chi connectivity index (χ3v) is 13.1. The van der Waals surface area contributed by atoms with Gasteiger partial charge in [0, 0.05) is 29.1 Å². The molecule has 6 rings (SSSR count). The zero-order chi connectivity index (χ0) is 29.6. The molecule has 0 saturated heterocycles. The molecular weight excluding hydrogens is 563 g/mol. The Morgan fingerprint density at radius 2 is 1.69 bits per heavy atom. The van der Waals surface area contributed by atoms with Gasteiger partial charge in [0.1, 0.15) is 28.1 Å². The quantitative estimate of drug-likeness (QED) is 0.171. The Hall–Kier alpha value is -3.67. The molecule has 3 aromatic heterocycles. The minimum absolute atomic E-state index is 0.606. The van der Waals surface area contributed by atoms with Crippen molar-refractivity contribution >= 4 is 34.8 Å². The molecule has 2 aromatic carbocycles. The van der Waals surface area contributed by atoms with E-state index in [-0.39, 0.29) is 0 Å². The minimum Gasteiger partial charge on any atom is -0.454 e. The van der Waals surface area contributed by atoms with E-state index in [1.54, 1.807) is 11.3 Å². The number of rotatable bonds is 8. The summed E-state index contributed by atoms with van der Waals surface area (Å²) in [5.74, 6) is -0.0512. The summed E-state index contributed by atoms with van der Waals surface area (Å²) in [6, 6.07) is 22.3. The molecule has 1 atom stereocenters. The first-order chi connectivity index (χ1) is 20.2. The zero-order valence-corrected chi connectivity index (χ0v) is 26.3. The number of nitriles is 1. The van der Waals surface area contributed by atoms with Gasteiger partial charge in [-0.15, -0.1) is 11.3 Å². The van der Waals surface area contributed by atoms with Gasteiger partial charge in [0.2, 0.25) is 7.44 Å². The van der Waals surface area contributed by atoms with Gasteiger partial charge in [0.15, 0.2) is 5.76 Å². The number of thiophene rings is 1. The van der Waals surface area contributed by atoms with Gasteiger partial charge < -0.3 is 9.32 Å². The molecule has 8 nitrogen and oxygen atoms in total. The molecular formula is C32H35N6O2PS. The molecule has 216 valence electrons. The summed E-state index contributed by atoms with van der Waals surface area (Å²) in [5, 5.41) is 17.2. The average Bonchev–Trinajstić information content (AvgIpc) is 3.72. The molecule has 42 heavy (non-hydrogen) atoms. The molecule has 0 aliphatic heterocycles. The number of nitrogens with zero attached hydrogens (tertiary/aromatic N) is 6. The monoisotopic (exact) mass is 598 g/mol. The highest BCUT2D eigenvalue weighted by molar-refractivity contribution is 7.59. The lowest BCUT2D eigenvalue weighted by molar-refractivity contribution is 0.432. The molecule has 0 N–H and O–H groups in total. The molecule has 5 aromatic rings. The summed E-state index contributed by atoms with van der Waals surface area (Å²) in [6.45, 7) is 0. The highest BCUT2D eigenvalue weighted by Crippen LogP contribution is 2.65. The van der Waals surface area contributed by atoms with Gasteiger partial charge >= 0.3 is 0 Å². The summed E-state index contributed by atoms with van der Waals surface area (Å²) in [4.78, 5) is 3.32. The van der Waals surface area contributed by atoms with Gasteiger partial charge in [-0.3, -0.25) is 4.57 Å². The molecule has 0 fully saturated rings. The number of para-hydroxylation sites is 2. The molecule has 10 heteroatoms. The highest BCUT2D eigenvalue weighted by atomic mass is 32.1. The largest absolute Gasteiger partial charge is 0.454 e. The van der Waals surface area contributed by atoms with Crippen molar-refractivity contribution in [3.05, 3.63) is 88.4 Å². The second-order valence-corrected chi connectivity index (χ2v) is 15.5. The number of furan rings is 1. The summed E-state index contributed by atoms with van der Waals surface area (Å²) in [7, 11) is 6.07. The lowest BCUT2D eigenvalue weighted by atomic mass is 9.96. The van der Waals surface area contributed by atoms with E-state index in [9.17, 15) is 5.26 Å². The maximum atomic E-state index is 15.3. The number of hydrogen-bond acceptors (Lipinski definition) is 6. The average molecular weight is 599 g/mol. The first kappa shape index (κ1) is 28.4. The summed E-state index contributed by atoms with van der Waals surface area (Å²) >= 11 is 1.66. The third-order valence-electron chi connectivity index (χ3n) is 8.12. The van der Waals surface area contributed by atoms with E-state index < -0.39 is 13.2 Å². The number of fused-ring (bicyclic) bond motifs is 2. The van der Waals surface area contributed by atoms with E-state index in [2.05, 4.69) is 11.0 Å². The first-order valence-electron chi connectivity index (χ1n) is 14.1. The lowest BCUT2D eigenvalue weighted by Gasteiger charge is -2.41. The van der Waals surface area contributed by atoms with E-state index in [0.717, 1.165) is 58.5 Å². The molecule has 0 radical (unpaired) electrons. The van der Waals surface area contributed by atoms with Crippen LogP contribution in [0.25, 0.3) is 28.1 Å². The van der Waals surface area contributed by atoms with E-state index in [1.807, 2.05) is 116 Å². The Labute approximate surface area is 250 Å². The van der Waals surface area contributed by atoms with Crippen LogP contribution in [0.15, 0.2) is 71.3 Å². The fourth-order valence-electron chi connectivity index (χ4n) is 6.02. The minimum atomic E-state index is -3.32.